The van der Waals surface area contributed by atoms with Crippen LogP contribution in [-0.4, -0.2) is 28.6 Å². The van der Waals surface area contributed by atoms with Crippen LogP contribution >= 0.6 is 0 Å². The molecule has 0 radical (unpaired) electrons. The van der Waals surface area contributed by atoms with E-state index in [4.69, 9.17) is 4.84 Å². The van der Waals surface area contributed by atoms with Gasteiger partial charge in [0.15, 0.2) is 0 Å². The molecule has 0 bridgehead atoms. The number of amides is 1. The van der Waals surface area contributed by atoms with Gasteiger partial charge in [-0.3, -0.25) is 9.63 Å². The van der Waals surface area contributed by atoms with Crippen molar-refractivity contribution in [1.29, 1.82) is 0 Å². The molecule has 1 aliphatic rings. The maximum Gasteiger partial charge on any atom is 0.224 e. The molecule has 2 unspecified atom stereocenters. The number of hydroxylamine groups is 1. The summed E-state index contributed by atoms with van der Waals surface area (Å²) in [5.74, 6) is 0.218. The SMILES string of the molecule is CCC(C)(CC)ONC(C)N1C(=O)CCC1C. The maximum absolute atomic E-state index is 11.7. The van der Waals surface area contributed by atoms with Crippen LogP contribution in [0.3, 0.4) is 0 Å². The van der Waals surface area contributed by atoms with Gasteiger partial charge in [-0.05, 0) is 40.0 Å². The van der Waals surface area contributed by atoms with E-state index >= 15 is 0 Å². The summed E-state index contributed by atoms with van der Waals surface area (Å²) in [6, 6.07) is 0.308. The van der Waals surface area contributed by atoms with E-state index in [2.05, 4.69) is 33.2 Å². The van der Waals surface area contributed by atoms with Crippen molar-refractivity contribution in [2.24, 2.45) is 0 Å². The minimum Gasteiger partial charge on any atom is -0.323 e. The number of hydrogen-bond acceptors (Lipinski definition) is 3. The fraction of sp³-hybridized carbons (Fsp3) is 0.923. The van der Waals surface area contributed by atoms with Crippen molar-refractivity contribution >= 4 is 5.91 Å². The molecule has 2 atom stereocenters. The molecule has 0 spiro atoms. The number of nitrogens with one attached hydrogen (secondary N) is 1. The van der Waals surface area contributed by atoms with Crippen LogP contribution in [0.1, 0.15) is 60.3 Å². The molecule has 1 N–H and O–H groups in total. The normalized spacial score (nSPS) is 23.2. The summed E-state index contributed by atoms with van der Waals surface area (Å²) in [5.41, 5.74) is 2.88. The van der Waals surface area contributed by atoms with Crippen molar-refractivity contribution in [3.05, 3.63) is 0 Å². The Hall–Kier alpha value is -0.610. The zero-order valence-electron chi connectivity index (χ0n) is 11.7. The third kappa shape index (κ3) is 3.42. The van der Waals surface area contributed by atoms with Gasteiger partial charge in [-0.1, -0.05) is 13.8 Å². The van der Waals surface area contributed by atoms with Gasteiger partial charge in [-0.25, -0.2) is 0 Å². The van der Waals surface area contributed by atoms with Gasteiger partial charge in [0.2, 0.25) is 5.91 Å². The lowest BCUT2D eigenvalue weighted by Gasteiger charge is -2.34. The Morgan fingerprint density at radius 3 is 2.53 bits per heavy atom. The second-order valence-corrected chi connectivity index (χ2v) is 5.24. The van der Waals surface area contributed by atoms with Crippen molar-refractivity contribution in [2.75, 3.05) is 0 Å². The lowest BCUT2D eigenvalue weighted by molar-refractivity contribution is -0.151. The molecule has 1 heterocycles. The monoisotopic (exact) mass is 242 g/mol. The minimum atomic E-state index is -0.153. The number of nitrogens with zero attached hydrogens (tertiary/aromatic N) is 1. The third-order valence-electron chi connectivity index (χ3n) is 3.93. The molecule has 1 aliphatic heterocycles. The third-order valence-corrected chi connectivity index (χ3v) is 3.93. The zero-order valence-corrected chi connectivity index (χ0v) is 11.7. The highest BCUT2D eigenvalue weighted by atomic mass is 16.7. The smallest absolute Gasteiger partial charge is 0.224 e. The molecule has 1 saturated heterocycles. The van der Waals surface area contributed by atoms with Crippen LogP contribution in [0.2, 0.25) is 0 Å². The molecule has 4 heteroatoms. The molecule has 0 saturated carbocycles. The summed E-state index contributed by atoms with van der Waals surface area (Å²) < 4.78 is 0. The van der Waals surface area contributed by atoms with Crippen molar-refractivity contribution in [3.8, 4) is 0 Å². The van der Waals surface area contributed by atoms with Gasteiger partial charge in [-0.15, -0.1) is 0 Å². The molecule has 100 valence electrons. The van der Waals surface area contributed by atoms with Gasteiger partial charge in [0, 0.05) is 12.5 Å². The molecule has 4 nitrogen and oxygen atoms in total. The zero-order chi connectivity index (χ0) is 13.1. The molecule has 0 aromatic rings. The van der Waals surface area contributed by atoms with Crippen molar-refractivity contribution in [1.82, 2.24) is 10.4 Å². The maximum atomic E-state index is 11.7. The predicted octanol–water partition coefficient (Wildman–Crippen LogP) is 2.44. The first-order valence-electron chi connectivity index (χ1n) is 6.68. The second kappa shape index (κ2) is 5.83. The Morgan fingerprint density at radius 2 is 2.12 bits per heavy atom. The summed E-state index contributed by atoms with van der Waals surface area (Å²) in [7, 11) is 0. The lowest BCUT2D eigenvalue weighted by atomic mass is 10.0. The highest BCUT2D eigenvalue weighted by Crippen LogP contribution is 2.22. The second-order valence-electron chi connectivity index (χ2n) is 5.24. The van der Waals surface area contributed by atoms with Gasteiger partial charge >= 0.3 is 0 Å². The van der Waals surface area contributed by atoms with E-state index in [1.54, 1.807) is 0 Å². The molecule has 0 aromatic carbocycles. The van der Waals surface area contributed by atoms with Crippen molar-refractivity contribution in [2.45, 2.75) is 78.1 Å². The quantitative estimate of drug-likeness (QED) is 0.727. The Bertz CT molecular complexity index is 264. The largest absolute Gasteiger partial charge is 0.323 e. The molecule has 17 heavy (non-hydrogen) atoms. The Kier molecular flexibility index (Phi) is 4.95. The van der Waals surface area contributed by atoms with Gasteiger partial charge in [0.25, 0.3) is 0 Å². The van der Waals surface area contributed by atoms with Crippen molar-refractivity contribution in [3.63, 3.8) is 0 Å². The van der Waals surface area contributed by atoms with Gasteiger partial charge < -0.3 is 4.90 Å². The Balaban J connectivity index is 2.49. The molecule has 1 fully saturated rings. The van der Waals surface area contributed by atoms with Gasteiger partial charge in [0.1, 0.15) is 6.17 Å². The van der Waals surface area contributed by atoms with Gasteiger partial charge in [0.05, 0.1) is 5.60 Å². The van der Waals surface area contributed by atoms with E-state index in [1.165, 1.54) is 0 Å². The van der Waals surface area contributed by atoms with Crippen LogP contribution in [0.5, 0.6) is 0 Å². The number of carbonyl (C=O) groups is 1. The number of rotatable bonds is 6. The van der Waals surface area contributed by atoms with E-state index in [-0.39, 0.29) is 17.7 Å². The lowest BCUT2D eigenvalue weighted by Crippen LogP contribution is -2.50. The molecule has 1 amide bonds. The first kappa shape index (κ1) is 14.5. The average Bonchev–Trinajstić information content (AvgIpc) is 2.66. The Morgan fingerprint density at radius 1 is 1.53 bits per heavy atom. The van der Waals surface area contributed by atoms with E-state index in [0.29, 0.717) is 12.5 Å². The van der Waals surface area contributed by atoms with Crippen LogP contribution in [0, 0.1) is 0 Å². The molecule has 1 rings (SSSR count). The summed E-state index contributed by atoms with van der Waals surface area (Å²) in [6.45, 7) is 10.4. The topological polar surface area (TPSA) is 41.6 Å². The van der Waals surface area contributed by atoms with Gasteiger partial charge in [-0.2, -0.15) is 5.48 Å². The summed E-state index contributed by atoms with van der Waals surface area (Å²) >= 11 is 0. The number of likely N-dealkylation sites (tertiary alicyclic amines) is 1. The van der Waals surface area contributed by atoms with E-state index in [9.17, 15) is 4.79 Å². The Labute approximate surface area is 105 Å². The summed E-state index contributed by atoms with van der Waals surface area (Å²) in [4.78, 5) is 19.4. The number of hydrogen-bond donors (Lipinski definition) is 1. The van der Waals surface area contributed by atoms with Crippen LogP contribution in [0.25, 0.3) is 0 Å². The molecule has 0 aromatic heterocycles. The number of carbonyl (C=O) groups excluding carboxylic acids is 1. The fourth-order valence-electron chi connectivity index (χ4n) is 2.12. The van der Waals surface area contributed by atoms with Crippen LogP contribution in [0.15, 0.2) is 0 Å². The van der Waals surface area contributed by atoms with E-state index in [0.717, 1.165) is 19.3 Å². The molecular formula is C13H26N2O2. The fourth-order valence-corrected chi connectivity index (χ4v) is 2.12. The molecular weight excluding hydrogens is 216 g/mol. The summed E-state index contributed by atoms with van der Waals surface area (Å²) in [6.07, 6.45) is 3.45. The standard InChI is InChI=1S/C13H26N2O2/c1-6-13(5,7-2)17-14-11(4)15-10(3)8-9-12(15)16/h10-11,14H,6-9H2,1-5H3. The van der Waals surface area contributed by atoms with Crippen LogP contribution in [-0.2, 0) is 9.63 Å². The van der Waals surface area contributed by atoms with Crippen LogP contribution in [0.4, 0.5) is 0 Å². The van der Waals surface area contributed by atoms with E-state index in [1.807, 2.05) is 11.8 Å². The van der Waals surface area contributed by atoms with Crippen molar-refractivity contribution < 1.29 is 9.63 Å². The van der Waals surface area contributed by atoms with E-state index < -0.39 is 0 Å². The first-order chi connectivity index (χ1) is 7.93. The van der Waals surface area contributed by atoms with Crippen LogP contribution < -0.4 is 5.48 Å². The highest BCUT2D eigenvalue weighted by Gasteiger charge is 2.32. The predicted molar refractivity (Wildman–Crippen MR) is 68.2 cm³/mol. The highest BCUT2D eigenvalue weighted by molar-refractivity contribution is 5.78. The minimum absolute atomic E-state index is 0.0579. The molecule has 0 aliphatic carbocycles. The summed E-state index contributed by atoms with van der Waals surface area (Å²) in [5, 5.41) is 0. The first-order valence-corrected chi connectivity index (χ1v) is 6.68. The average molecular weight is 242 g/mol.